The largest absolute Gasteiger partial charge is 0.311 e. The van der Waals surface area contributed by atoms with Gasteiger partial charge in [0.25, 0.3) is 0 Å². The van der Waals surface area contributed by atoms with Crippen molar-refractivity contribution in [1.82, 2.24) is 5.32 Å². The van der Waals surface area contributed by atoms with E-state index in [1.54, 1.807) is 19.1 Å². The molecular formula is C14H19F2N. The first-order valence-electron chi connectivity index (χ1n) is 6.29. The topological polar surface area (TPSA) is 12.0 Å². The van der Waals surface area contributed by atoms with E-state index in [1.807, 2.05) is 0 Å². The van der Waals surface area contributed by atoms with Crippen LogP contribution in [-0.4, -0.2) is 12.6 Å². The molecule has 1 saturated heterocycles. The Morgan fingerprint density at radius 1 is 1.29 bits per heavy atom. The minimum atomic E-state index is -1.51. The Kier molecular flexibility index (Phi) is 3.77. The van der Waals surface area contributed by atoms with Crippen LogP contribution in [0.25, 0.3) is 0 Å². The molecule has 94 valence electrons. The smallest absolute Gasteiger partial charge is 0.148 e. The minimum Gasteiger partial charge on any atom is -0.311 e. The monoisotopic (exact) mass is 239 g/mol. The average Bonchev–Trinajstić information content (AvgIpc) is 2.58. The summed E-state index contributed by atoms with van der Waals surface area (Å²) in [6, 6.07) is 5.66. The van der Waals surface area contributed by atoms with E-state index in [2.05, 4.69) is 5.32 Å². The summed E-state index contributed by atoms with van der Waals surface area (Å²) in [7, 11) is 0. The van der Waals surface area contributed by atoms with Crippen LogP contribution >= 0.6 is 0 Å². The van der Waals surface area contributed by atoms with Crippen LogP contribution in [-0.2, 0) is 5.67 Å². The van der Waals surface area contributed by atoms with E-state index < -0.39 is 5.67 Å². The summed E-state index contributed by atoms with van der Waals surface area (Å²) in [5.74, 6) is -0.375. The normalized spacial score (nSPS) is 25.0. The van der Waals surface area contributed by atoms with Gasteiger partial charge >= 0.3 is 0 Å². The second-order valence-electron chi connectivity index (χ2n) is 4.94. The van der Waals surface area contributed by atoms with Gasteiger partial charge in [0.2, 0.25) is 0 Å². The molecule has 1 aliphatic rings. The third kappa shape index (κ3) is 2.83. The number of hydrogen-bond acceptors (Lipinski definition) is 1. The van der Waals surface area contributed by atoms with Gasteiger partial charge in [-0.05, 0) is 44.0 Å². The number of benzene rings is 1. The van der Waals surface area contributed by atoms with E-state index in [-0.39, 0.29) is 11.9 Å². The first-order chi connectivity index (χ1) is 8.10. The predicted octanol–water partition coefficient (Wildman–Crippen LogP) is 3.54. The summed E-state index contributed by atoms with van der Waals surface area (Å²) in [4.78, 5) is 0. The summed E-state index contributed by atoms with van der Waals surface area (Å²) in [5.41, 5.74) is -1.08. The molecule has 0 bridgehead atoms. The highest BCUT2D eigenvalue weighted by molar-refractivity contribution is 5.24. The van der Waals surface area contributed by atoms with E-state index in [0.29, 0.717) is 5.56 Å². The van der Waals surface area contributed by atoms with Crippen molar-refractivity contribution in [3.63, 3.8) is 0 Å². The highest BCUT2D eigenvalue weighted by atomic mass is 19.1. The molecule has 3 heteroatoms. The minimum absolute atomic E-state index is 0.216. The van der Waals surface area contributed by atoms with Crippen molar-refractivity contribution in [2.45, 2.75) is 44.3 Å². The summed E-state index contributed by atoms with van der Waals surface area (Å²) >= 11 is 0. The van der Waals surface area contributed by atoms with Gasteiger partial charge in [0, 0.05) is 6.04 Å². The average molecular weight is 239 g/mol. The molecular weight excluding hydrogens is 220 g/mol. The van der Waals surface area contributed by atoms with Gasteiger partial charge in [-0.15, -0.1) is 0 Å². The number of nitrogens with one attached hydrogen (secondary N) is 1. The molecule has 17 heavy (non-hydrogen) atoms. The first-order valence-corrected chi connectivity index (χ1v) is 6.29. The lowest BCUT2D eigenvalue weighted by atomic mass is 9.87. The fourth-order valence-electron chi connectivity index (χ4n) is 2.49. The molecule has 1 heterocycles. The zero-order valence-corrected chi connectivity index (χ0v) is 10.2. The lowest BCUT2D eigenvalue weighted by molar-refractivity contribution is 0.122. The zero-order chi connectivity index (χ0) is 12.3. The summed E-state index contributed by atoms with van der Waals surface area (Å²) in [6.07, 6.45) is 4.08. The molecule has 1 fully saturated rings. The Labute approximate surface area is 101 Å². The van der Waals surface area contributed by atoms with Crippen LogP contribution in [0, 0.1) is 5.82 Å². The Bertz CT molecular complexity index is 368. The second-order valence-corrected chi connectivity index (χ2v) is 4.94. The van der Waals surface area contributed by atoms with E-state index in [4.69, 9.17) is 0 Å². The van der Waals surface area contributed by atoms with Crippen LogP contribution in [0.5, 0.6) is 0 Å². The molecule has 0 aromatic heterocycles. The Morgan fingerprint density at radius 2 is 2.12 bits per heavy atom. The summed E-state index contributed by atoms with van der Waals surface area (Å²) in [6.45, 7) is 2.39. The number of hydrogen-bond donors (Lipinski definition) is 1. The molecule has 1 aliphatic heterocycles. The van der Waals surface area contributed by atoms with E-state index in [1.165, 1.54) is 12.1 Å². The highest BCUT2D eigenvalue weighted by Crippen LogP contribution is 2.33. The quantitative estimate of drug-likeness (QED) is 0.832. The van der Waals surface area contributed by atoms with Gasteiger partial charge in [0.1, 0.15) is 11.5 Å². The zero-order valence-electron chi connectivity index (χ0n) is 10.2. The number of rotatable bonds is 2. The second kappa shape index (κ2) is 5.13. The molecule has 1 aromatic carbocycles. The Balaban J connectivity index is 2.21. The van der Waals surface area contributed by atoms with Crippen LogP contribution in [0.4, 0.5) is 8.78 Å². The summed E-state index contributed by atoms with van der Waals surface area (Å²) < 4.78 is 28.0. The maximum atomic E-state index is 14.8. The highest BCUT2D eigenvalue weighted by Gasteiger charge is 2.36. The maximum Gasteiger partial charge on any atom is 0.148 e. The van der Waals surface area contributed by atoms with Crippen molar-refractivity contribution < 1.29 is 8.78 Å². The fourth-order valence-corrected chi connectivity index (χ4v) is 2.49. The fraction of sp³-hybridized carbons (Fsp3) is 0.571. The van der Waals surface area contributed by atoms with Gasteiger partial charge in [-0.25, -0.2) is 8.78 Å². The lowest BCUT2D eigenvalue weighted by Gasteiger charge is -2.31. The van der Waals surface area contributed by atoms with Crippen molar-refractivity contribution in [2.75, 3.05) is 6.54 Å². The molecule has 2 unspecified atom stereocenters. The van der Waals surface area contributed by atoms with Crippen LogP contribution in [0.2, 0.25) is 0 Å². The molecule has 0 spiro atoms. The Morgan fingerprint density at radius 3 is 2.88 bits per heavy atom. The van der Waals surface area contributed by atoms with Crippen molar-refractivity contribution in [1.29, 1.82) is 0 Å². The standard InChI is InChI=1S/C14H19F2N/c1-14(16,11-6-5-7-12(15)10-11)13-8-3-2-4-9-17-13/h5-7,10,13,17H,2-4,8-9H2,1H3. The molecule has 1 aromatic rings. The van der Waals surface area contributed by atoms with E-state index in [0.717, 1.165) is 32.2 Å². The van der Waals surface area contributed by atoms with E-state index in [9.17, 15) is 8.78 Å². The van der Waals surface area contributed by atoms with Gasteiger partial charge in [-0.2, -0.15) is 0 Å². The molecule has 0 radical (unpaired) electrons. The van der Waals surface area contributed by atoms with Crippen molar-refractivity contribution in [3.05, 3.63) is 35.6 Å². The molecule has 2 atom stereocenters. The van der Waals surface area contributed by atoms with Gasteiger partial charge in [-0.3, -0.25) is 0 Å². The van der Waals surface area contributed by atoms with Crippen LogP contribution in [0.3, 0.4) is 0 Å². The molecule has 1 nitrogen and oxygen atoms in total. The first kappa shape index (κ1) is 12.5. The van der Waals surface area contributed by atoms with Crippen LogP contribution < -0.4 is 5.32 Å². The van der Waals surface area contributed by atoms with Gasteiger partial charge in [-0.1, -0.05) is 25.0 Å². The van der Waals surface area contributed by atoms with E-state index >= 15 is 0 Å². The summed E-state index contributed by atoms with van der Waals surface area (Å²) in [5, 5.41) is 3.24. The van der Waals surface area contributed by atoms with Gasteiger partial charge in [0.05, 0.1) is 0 Å². The Hall–Kier alpha value is -0.960. The maximum absolute atomic E-state index is 14.8. The number of halogens is 2. The van der Waals surface area contributed by atoms with Crippen molar-refractivity contribution in [2.24, 2.45) is 0 Å². The van der Waals surface area contributed by atoms with Crippen molar-refractivity contribution >= 4 is 0 Å². The molecule has 0 saturated carbocycles. The van der Waals surface area contributed by atoms with Crippen LogP contribution in [0.15, 0.2) is 24.3 Å². The molecule has 0 aliphatic carbocycles. The van der Waals surface area contributed by atoms with Crippen LogP contribution in [0.1, 0.15) is 38.2 Å². The third-order valence-corrected chi connectivity index (χ3v) is 3.60. The third-order valence-electron chi connectivity index (χ3n) is 3.60. The van der Waals surface area contributed by atoms with Crippen molar-refractivity contribution in [3.8, 4) is 0 Å². The molecule has 0 amide bonds. The number of alkyl halides is 1. The van der Waals surface area contributed by atoms with Gasteiger partial charge < -0.3 is 5.32 Å². The van der Waals surface area contributed by atoms with Gasteiger partial charge in [0.15, 0.2) is 0 Å². The lowest BCUT2D eigenvalue weighted by Crippen LogP contribution is -2.43. The predicted molar refractivity (Wildman–Crippen MR) is 65.1 cm³/mol. The molecule has 1 N–H and O–H groups in total. The SMILES string of the molecule is CC(F)(c1cccc(F)c1)C1CCCCCN1. The molecule has 2 rings (SSSR count).